The molecule has 0 fully saturated rings. The molecule has 2 aromatic rings. The third-order valence-electron chi connectivity index (χ3n) is 2.30. The van der Waals surface area contributed by atoms with Crippen molar-refractivity contribution in [1.29, 1.82) is 0 Å². The van der Waals surface area contributed by atoms with Crippen molar-refractivity contribution in [3.8, 4) is 5.75 Å². The zero-order valence-corrected chi connectivity index (χ0v) is 10.5. The van der Waals surface area contributed by atoms with Gasteiger partial charge < -0.3 is 10.5 Å². The average molecular weight is 268 g/mol. The van der Waals surface area contributed by atoms with E-state index in [-0.39, 0.29) is 0 Å². The van der Waals surface area contributed by atoms with Crippen LogP contribution in [0, 0.1) is 0 Å². The Morgan fingerprint density at radius 2 is 1.76 bits per heavy atom. The molecule has 0 heterocycles. The standard InChI is InChI=1S/C13H11Cl2NO/c14-10-2-1-3-12(7-10)17-8-9-6-11(15)4-5-13(9)16/h1-7H,8,16H2. The molecule has 88 valence electrons. The van der Waals surface area contributed by atoms with E-state index in [0.29, 0.717) is 28.1 Å². The van der Waals surface area contributed by atoms with Crippen molar-refractivity contribution in [2.24, 2.45) is 0 Å². The van der Waals surface area contributed by atoms with E-state index in [4.69, 9.17) is 33.7 Å². The van der Waals surface area contributed by atoms with Crippen LogP contribution in [0.3, 0.4) is 0 Å². The number of nitrogen functional groups attached to an aromatic ring is 1. The molecular formula is C13H11Cl2NO. The lowest BCUT2D eigenvalue weighted by Crippen LogP contribution is -2.00. The lowest BCUT2D eigenvalue weighted by molar-refractivity contribution is 0.307. The van der Waals surface area contributed by atoms with Gasteiger partial charge >= 0.3 is 0 Å². The minimum atomic E-state index is 0.368. The van der Waals surface area contributed by atoms with Gasteiger partial charge in [0.15, 0.2) is 0 Å². The molecule has 0 aliphatic carbocycles. The van der Waals surface area contributed by atoms with Gasteiger partial charge in [-0.15, -0.1) is 0 Å². The minimum Gasteiger partial charge on any atom is -0.489 e. The molecule has 2 rings (SSSR count). The molecule has 0 aliphatic rings. The highest BCUT2D eigenvalue weighted by Crippen LogP contribution is 2.22. The van der Waals surface area contributed by atoms with Gasteiger partial charge in [-0.2, -0.15) is 0 Å². The Bertz CT molecular complexity index is 529. The first kappa shape index (κ1) is 12.1. The van der Waals surface area contributed by atoms with Gasteiger partial charge in [0, 0.05) is 21.3 Å². The van der Waals surface area contributed by atoms with Crippen LogP contribution in [0.25, 0.3) is 0 Å². The number of benzene rings is 2. The topological polar surface area (TPSA) is 35.2 Å². The monoisotopic (exact) mass is 267 g/mol. The molecule has 0 radical (unpaired) electrons. The van der Waals surface area contributed by atoms with Crippen molar-refractivity contribution >= 4 is 28.9 Å². The summed E-state index contributed by atoms with van der Waals surface area (Å²) in [5.74, 6) is 0.705. The molecule has 0 unspecified atom stereocenters. The lowest BCUT2D eigenvalue weighted by Gasteiger charge is -2.09. The summed E-state index contributed by atoms with van der Waals surface area (Å²) in [6.07, 6.45) is 0. The zero-order chi connectivity index (χ0) is 12.3. The first-order valence-electron chi connectivity index (χ1n) is 5.07. The number of hydrogen-bond donors (Lipinski definition) is 1. The maximum atomic E-state index is 5.89. The van der Waals surface area contributed by atoms with Crippen molar-refractivity contribution in [3.63, 3.8) is 0 Å². The zero-order valence-electron chi connectivity index (χ0n) is 8.99. The summed E-state index contributed by atoms with van der Waals surface area (Å²) in [4.78, 5) is 0. The fraction of sp³-hybridized carbons (Fsp3) is 0.0769. The highest BCUT2D eigenvalue weighted by molar-refractivity contribution is 6.31. The van der Waals surface area contributed by atoms with Crippen LogP contribution in [0.5, 0.6) is 5.75 Å². The Morgan fingerprint density at radius 3 is 2.53 bits per heavy atom. The Kier molecular flexibility index (Phi) is 3.77. The fourth-order valence-corrected chi connectivity index (χ4v) is 1.79. The molecule has 0 aliphatic heterocycles. The molecule has 0 saturated carbocycles. The first-order valence-corrected chi connectivity index (χ1v) is 5.83. The molecule has 17 heavy (non-hydrogen) atoms. The van der Waals surface area contributed by atoms with E-state index in [0.717, 1.165) is 5.56 Å². The van der Waals surface area contributed by atoms with Crippen LogP contribution in [-0.4, -0.2) is 0 Å². The number of rotatable bonds is 3. The second-order valence-corrected chi connectivity index (χ2v) is 4.46. The van der Waals surface area contributed by atoms with Gasteiger partial charge in [0.05, 0.1) is 0 Å². The van der Waals surface area contributed by atoms with Crippen molar-refractivity contribution in [2.75, 3.05) is 5.73 Å². The van der Waals surface area contributed by atoms with E-state index < -0.39 is 0 Å². The van der Waals surface area contributed by atoms with Crippen molar-refractivity contribution in [3.05, 3.63) is 58.1 Å². The lowest BCUT2D eigenvalue weighted by atomic mass is 10.2. The Labute approximate surface area is 110 Å². The molecular weight excluding hydrogens is 257 g/mol. The van der Waals surface area contributed by atoms with Crippen LogP contribution >= 0.6 is 23.2 Å². The maximum Gasteiger partial charge on any atom is 0.121 e. The molecule has 4 heteroatoms. The molecule has 2 nitrogen and oxygen atoms in total. The number of nitrogens with two attached hydrogens (primary N) is 1. The molecule has 0 amide bonds. The molecule has 2 N–H and O–H groups in total. The van der Waals surface area contributed by atoms with Crippen LogP contribution in [0.1, 0.15) is 5.56 Å². The second-order valence-electron chi connectivity index (χ2n) is 3.59. The number of halogens is 2. The van der Waals surface area contributed by atoms with E-state index in [9.17, 15) is 0 Å². The van der Waals surface area contributed by atoms with Crippen LogP contribution in [-0.2, 0) is 6.61 Å². The van der Waals surface area contributed by atoms with E-state index in [1.165, 1.54) is 0 Å². The van der Waals surface area contributed by atoms with E-state index in [1.807, 2.05) is 12.1 Å². The third kappa shape index (κ3) is 3.29. The van der Waals surface area contributed by atoms with Gasteiger partial charge in [0.25, 0.3) is 0 Å². The van der Waals surface area contributed by atoms with E-state index in [1.54, 1.807) is 30.3 Å². The molecule has 0 spiro atoms. The van der Waals surface area contributed by atoms with Gasteiger partial charge in [-0.3, -0.25) is 0 Å². The van der Waals surface area contributed by atoms with E-state index in [2.05, 4.69) is 0 Å². The normalized spacial score (nSPS) is 10.2. The summed E-state index contributed by atoms with van der Waals surface area (Å²) in [5.41, 5.74) is 7.34. The molecule has 0 bridgehead atoms. The van der Waals surface area contributed by atoms with Crippen LogP contribution in [0.4, 0.5) is 5.69 Å². The molecule has 0 aromatic heterocycles. The minimum absolute atomic E-state index is 0.368. The van der Waals surface area contributed by atoms with Gasteiger partial charge in [0.2, 0.25) is 0 Å². The van der Waals surface area contributed by atoms with Gasteiger partial charge in [-0.05, 0) is 36.4 Å². The number of hydrogen-bond acceptors (Lipinski definition) is 2. The predicted octanol–water partition coefficient (Wildman–Crippen LogP) is 4.15. The SMILES string of the molecule is Nc1ccc(Cl)cc1COc1cccc(Cl)c1. The summed E-state index contributed by atoms with van der Waals surface area (Å²) in [6.45, 7) is 0.368. The van der Waals surface area contributed by atoms with Crippen LogP contribution < -0.4 is 10.5 Å². The highest BCUT2D eigenvalue weighted by Gasteiger charge is 2.02. The van der Waals surface area contributed by atoms with Gasteiger partial charge in [-0.1, -0.05) is 29.3 Å². The van der Waals surface area contributed by atoms with Gasteiger partial charge in [0.1, 0.15) is 12.4 Å². The summed E-state index contributed by atoms with van der Waals surface area (Å²) in [7, 11) is 0. The first-order chi connectivity index (χ1) is 8.15. The summed E-state index contributed by atoms with van der Waals surface area (Å²) in [5, 5.41) is 1.28. The van der Waals surface area contributed by atoms with Crippen molar-refractivity contribution < 1.29 is 4.74 Å². The summed E-state index contributed by atoms with van der Waals surface area (Å²) < 4.78 is 5.59. The Balaban J connectivity index is 2.09. The van der Waals surface area contributed by atoms with Crippen LogP contribution in [0.2, 0.25) is 10.0 Å². The Hall–Kier alpha value is -1.38. The molecule has 0 saturated heterocycles. The third-order valence-corrected chi connectivity index (χ3v) is 2.77. The highest BCUT2D eigenvalue weighted by atomic mass is 35.5. The predicted molar refractivity (Wildman–Crippen MR) is 71.6 cm³/mol. The van der Waals surface area contributed by atoms with Crippen molar-refractivity contribution in [2.45, 2.75) is 6.61 Å². The van der Waals surface area contributed by atoms with Crippen molar-refractivity contribution in [1.82, 2.24) is 0 Å². The summed E-state index contributed by atoms with van der Waals surface area (Å²) >= 11 is 11.7. The largest absolute Gasteiger partial charge is 0.489 e. The van der Waals surface area contributed by atoms with E-state index >= 15 is 0 Å². The fourth-order valence-electron chi connectivity index (χ4n) is 1.42. The Morgan fingerprint density at radius 1 is 1.00 bits per heavy atom. The molecule has 0 atom stereocenters. The smallest absolute Gasteiger partial charge is 0.121 e. The summed E-state index contributed by atoms with van der Waals surface area (Å²) in [6, 6.07) is 12.5. The number of ether oxygens (including phenoxy) is 1. The molecule has 2 aromatic carbocycles. The number of anilines is 1. The van der Waals surface area contributed by atoms with Crippen LogP contribution in [0.15, 0.2) is 42.5 Å². The van der Waals surface area contributed by atoms with Gasteiger partial charge in [-0.25, -0.2) is 0 Å². The maximum absolute atomic E-state index is 5.89. The average Bonchev–Trinajstić information content (AvgIpc) is 2.30. The second kappa shape index (κ2) is 5.30. The quantitative estimate of drug-likeness (QED) is 0.848.